The first-order valence-electron chi connectivity index (χ1n) is 3.92. The first-order chi connectivity index (χ1) is 4.77. The molecule has 0 bridgehead atoms. The van der Waals surface area contributed by atoms with Gasteiger partial charge in [-0.1, -0.05) is 0 Å². The number of nitrogens with two attached hydrogens (primary N) is 1. The summed E-state index contributed by atoms with van der Waals surface area (Å²) in [5.41, 5.74) is 5.38. The van der Waals surface area contributed by atoms with Crippen molar-refractivity contribution in [3.63, 3.8) is 0 Å². The van der Waals surface area contributed by atoms with Crippen LogP contribution in [0.5, 0.6) is 0 Å². The predicted molar refractivity (Wildman–Crippen MR) is 47.4 cm³/mol. The molecule has 3 nitrogen and oxygen atoms in total. The fraction of sp³-hybridized carbons (Fsp3) is 1.00. The molecule has 1 aliphatic rings. The van der Waals surface area contributed by atoms with Gasteiger partial charge in [-0.3, -0.25) is 0 Å². The minimum absolute atomic E-state index is 0.0486. The van der Waals surface area contributed by atoms with Gasteiger partial charge >= 0.3 is 0 Å². The summed E-state index contributed by atoms with van der Waals surface area (Å²) in [6.07, 6.45) is 0. The van der Waals surface area contributed by atoms with Crippen molar-refractivity contribution in [2.75, 3.05) is 13.2 Å². The molecule has 0 spiro atoms. The molecule has 0 aromatic carbocycles. The first-order valence-corrected chi connectivity index (χ1v) is 3.92. The molecule has 0 unspecified atom stereocenters. The maximum absolute atomic E-state index is 8.28. The van der Waals surface area contributed by atoms with E-state index < -0.39 is 5.54 Å². The normalized spacial score (nSPS) is 20.2. The second-order valence-corrected chi connectivity index (χ2v) is 4.38. The van der Waals surface area contributed by atoms with Gasteiger partial charge in [0.25, 0.3) is 0 Å². The molecule has 1 heterocycles. The van der Waals surface area contributed by atoms with Gasteiger partial charge in [0.2, 0.25) is 0 Å². The Kier molecular flexibility index (Phi) is 3.48. The van der Waals surface area contributed by atoms with E-state index in [4.69, 9.17) is 10.8 Å². The van der Waals surface area contributed by atoms with Crippen LogP contribution in [0.4, 0.5) is 0 Å². The summed E-state index contributed by atoms with van der Waals surface area (Å²) in [4.78, 5) is 0. The lowest BCUT2D eigenvalue weighted by atomic mass is 10.1. The zero-order valence-electron chi connectivity index (χ0n) is 7.94. The van der Waals surface area contributed by atoms with Crippen LogP contribution in [0.25, 0.3) is 0 Å². The lowest BCUT2D eigenvalue weighted by Crippen LogP contribution is -2.35. The minimum atomic E-state index is -0.403. The van der Waals surface area contributed by atoms with E-state index in [-0.39, 0.29) is 6.61 Å². The Hall–Kier alpha value is -0.120. The fourth-order valence-corrected chi connectivity index (χ4v) is 0.177. The van der Waals surface area contributed by atoms with Crippen molar-refractivity contribution in [1.29, 1.82) is 0 Å². The summed E-state index contributed by atoms with van der Waals surface area (Å²) < 4.78 is 0. The lowest BCUT2D eigenvalue weighted by molar-refractivity contribution is 0.221. The Labute approximate surface area is 69.0 Å². The average molecular weight is 160 g/mol. The third-order valence-corrected chi connectivity index (χ3v) is 1.29. The van der Waals surface area contributed by atoms with Gasteiger partial charge in [0.15, 0.2) is 0 Å². The second-order valence-electron chi connectivity index (χ2n) is 4.38. The summed E-state index contributed by atoms with van der Waals surface area (Å²) in [6.45, 7) is 9.17. The van der Waals surface area contributed by atoms with E-state index in [2.05, 4.69) is 19.2 Å². The predicted octanol–water partition coefficient (Wildman–Crippen LogP) is 0.0842. The number of hydrogen-bond acceptors (Lipinski definition) is 3. The van der Waals surface area contributed by atoms with Crippen LogP contribution in [-0.4, -0.2) is 29.3 Å². The largest absolute Gasteiger partial charge is 0.394 e. The van der Waals surface area contributed by atoms with Crippen LogP contribution in [0.2, 0.25) is 0 Å². The second kappa shape index (κ2) is 3.52. The first kappa shape index (κ1) is 10.9. The Morgan fingerprint density at radius 1 is 1.55 bits per heavy atom. The van der Waals surface area contributed by atoms with Gasteiger partial charge in [-0.15, -0.1) is 0 Å². The van der Waals surface area contributed by atoms with Crippen molar-refractivity contribution in [3.05, 3.63) is 0 Å². The maximum atomic E-state index is 8.28. The minimum Gasteiger partial charge on any atom is -0.394 e. The number of nitrogens with one attached hydrogen (secondary N) is 1. The van der Waals surface area contributed by atoms with Crippen molar-refractivity contribution in [1.82, 2.24) is 5.32 Å². The van der Waals surface area contributed by atoms with Crippen LogP contribution in [-0.2, 0) is 0 Å². The third kappa shape index (κ3) is 9.88. The van der Waals surface area contributed by atoms with E-state index in [0.29, 0.717) is 5.54 Å². The molecule has 68 valence electrons. The Morgan fingerprint density at radius 3 is 1.73 bits per heavy atom. The van der Waals surface area contributed by atoms with Crippen molar-refractivity contribution in [3.8, 4) is 0 Å². The fourth-order valence-electron chi connectivity index (χ4n) is 0.177. The topological polar surface area (TPSA) is 68.2 Å². The zero-order chi connectivity index (χ0) is 9.12. The molecule has 0 saturated carbocycles. The van der Waals surface area contributed by atoms with Crippen molar-refractivity contribution >= 4 is 0 Å². The van der Waals surface area contributed by atoms with Gasteiger partial charge in [-0.25, -0.2) is 0 Å². The van der Waals surface area contributed by atoms with E-state index in [9.17, 15) is 0 Å². The van der Waals surface area contributed by atoms with E-state index in [1.54, 1.807) is 13.8 Å². The summed E-state index contributed by atoms with van der Waals surface area (Å²) in [5, 5.41) is 11.5. The lowest BCUT2D eigenvalue weighted by Gasteiger charge is -2.12. The highest BCUT2D eigenvalue weighted by atomic mass is 16.3. The number of hydrogen-bond donors (Lipinski definition) is 3. The highest BCUT2D eigenvalue weighted by molar-refractivity contribution is 4.94. The molecular formula is C8H20N2O. The molecule has 0 atom stereocenters. The molecule has 0 amide bonds. The van der Waals surface area contributed by atoms with Crippen LogP contribution in [0, 0.1) is 0 Å². The highest BCUT2D eigenvalue weighted by Crippen LogP contribution is 2.11. The molecule has 1 saturated heterocycles. The molecule has 3 heteroatoms. The molecule has 4 N–H and O–H groups in total. The van der Waals surface area contributed by atoms with Crippen LogP contribution < -0.4 is 11.1 Å². The monoisotopic (exact) mass is 160 g/mol. The van der Waals surface area contributed by atoms with Crippen LogP contribution in [0.3, 0.4) is 0 Å². The standard InChI is InChI=1S/C4H11NO.C4H9N/c1-4(2,5)3-6;1-4(2)3-5-4/h6H,3,5H2,1-2H3;5H,3H2,1-2H3. The number of rotatable bonds is 1. The molecule has 0 aromatic heterocycles. The summed E-state index contributed by atoms with van der Waals surface area (Å²) in [7, 11) is 0. The Bertz CT molecular complexity index is 110. The summed E-state index contributed by atoms with van der Waals surface area (Å²) in [5.74, 6) is 0. The number of aliphatic hydroxyl groups is 1. The van der Waals surface area contributed by atoms with Crippen LogP contribution in [0.15, 0.2) is 0 Å². The van der Waals surface area contributed by atoms with E-state index in [1.807, 2.05) is 0 Å². The van der Waals surface area contributed by atoms with Gasteiger partial charge < -0.3 is 16.2 Å². The molecular weight excluding hydrogens is 140 g/mol. The van der Waals surface area contributed by atoms with Gasteiger partial charge in [0.05, 0.1) is 6.61 Å². The van der Waals surface area contributed by atoms with Gasteiger partial charge in [-0.05, 0) is 27.7 Å². The molecule has 0 aromatic rings. The molecule has 0 aliphatic carbocycles. The van der Waals surface area contributed by atoms with E-state index in [1.165, 1.54) is 6.54 Å². The summed E-state index contributed by atoms with van der Waals surface area (Å²) in [6, 6.07) is 0. The maximum Gasteiger partial charge on any atom is 0.0605 e. The smallest absolute Gasteiger partial charge is 0.0605 e. The van der Waals surface area contributed by atoms with E-state index >= 15 is 0 Å². The molecule has 0 radical (unpaired) electrons. The van der Waals surface area contributed by atoms with Crippen LogP contribution in [0.1, 0.15) is 27.7 Å². The van der Waals surface area contributed by atoms with Crippen molar-refractivity contribution in [2.24, 2.45) is 5.73 Å². The van der Waals surface area contributed by atoms with E-state index in [0.717, 1.165) is 0 Å². The van der Waals surface area contributed by atoms with Gasteiger partial charge in [0, 0.05) is 17.6 Å². The Balaban J connectivity index is 0.000000183. The molecule has 1 fully saturated rings. The van der Waals surface area contributed by atoms with Gasteiger partial charge in [0.1, 0.15) is 0 Å². The SMILES string of the molecule is CC(C)(N)CO.CC1(C)CN1. The molecule has 1 aliphatic heterocycles. The third-order valence-electron chi connectivity index (χ3n) is 1.29. The zero-order valence-corrected chi connectivity index (χ0v) is 7.94. The summed E-state index contributed by atoms with van der Waals surface area (Å²) >= 11 is 0. The van der Waals surface area contributed by atoms with Crippen LogP contribution >= 0.6 is 0 Å². The van der Waals surface area contributed by atoms with Crippen molar-refractivity contribution in [2.45, 2.75) is 38.8 Å². The average Bonchev–Trinajstić information content (AvgIpc) is 2.46. The molecule has 1 rings (SSSR count). The Morgan fingerprint density at radius 2 is 1.73 bits per heavy atom. The highest BCUT2D eigenvalue weighted by Gasteiger charge is 2.29. The quantitative estimate of drug-likeness (QED) is 0.476. The van der Waals surface area contributed by atoms with Gasteiger partial charge in [-0.2, -0.15) is 0 Å². The molecule has 11 heavy (non-hydrogen) atoms. The van der Waals surface area contributed by atoms with Crippen molar-refractivity contribution < 1.29 is 5.11 Å². The number of aliphatic hydroxyl groups excluding tert-OH is 1.